The van der Waals surface area contributed by atoms with Crippen LogP contribution in [0.5, 0.6) is 0 Å². The Hall–Kier alpha value is -4.90. The standard InChI is InChI=1S/C31H27N7O/c1-3-27(39)38-18-31(19-38)11-12-36(17-31)26-16-37-15-25(21-7-5-4-6-8-21)34-30(37)29(22(26)13-32)28-20(2)9-10-24-23(28)14-33-35-24/h3-10,14-16H,1,11-12,17-19H2,2H3,(H,33,35). The van der Waals surface area contributed by atoms with Gasteiger partial charge in [0.15, 0.2) is 0 Å². The molecule has 0 atom stereocenters. The smallest absolute Gasteiger partial charge is 0.245 e. The van der Waals surface area contributed by atoms with Gasteiger partial charge in [0.05, 0.1) is 28.7 Å². The second-order valence-electron chi connectivity index (χ2n) is 10.8. The second kappa shape index (κ2) is 8.57. The molecule has 39 heavy (non-hydrogen) atoms. The third-order valence-corrected chi connectivity index (χ3v) is 8.31. The number of rotatable bonds is 4. The number of hydrogen-bond acceptors (Lipinski definition) is 5. The van der Waals surface area contributed by atoms with Gasteiger partial charge in [-0.15, -0.1) is 0 Å². The summed E-state index contributed by atoms with van der Waals surface area (Å²) in [5, 5.41) is 19.0. The largest absolute Gasteiger partial charge is 0.369 e. The summed E-state index contributed by atoms with van der Waals surface area (Å²) >= 11 is 0. The summed E-state index contributed by atoms with van der Waals surface area (Å²) in [7, 11) is 0. The normalized spacial score (nSPS) is 16.1. The van der Waals surface area contributed by atoms with Crippen LogP contribution in [0.2, 0.25) is 0 Å². The van der Waals surface area contributed by atoms with E-state index in [-0.39, 0.29) is 11.3 Å². The van der Waals surface area contributed by atoms with Crippen LogP contribution in [0.15, 0.2) is 73.7 Å². The second-order valence-corrected chi connectivity index (χ2v) is 10.8. The van der Waals surface area contributed by atoms with Gasteiger partial charge in [-0.05, 0) is 31.1 Å². The van der Waals surface area contributed by atoms with E-state index in [1.807, 2.05) is 59.9 Å². The fourth-order valence-corrected chi connectivity index (χ4v) is 6.36. The SMILES string of the molecule is C=CC(=O)N1CC2(CCN(c3cn4cc(-c5ccccc5)nc4c(-c4c(C)ccc5[nH]ncc45)c3C#N)C2)C1. The van der Waals surface area contributed by atoms with Crippen LogP contribution in [-0.4, -0.2) is 56.6 Å². The van der Waals surface area contributed by atoms with E-state index in [0.29, 0.717) is 5.56 Å². The summed E-state index contributed by atoms with van der Waals surface area (Å²) in [4.78, 5) is 21.3. The fraction of sp³-hybridized carbons (Fsp3) is 0.226. The highest BCUT2D eigenvalue weighted by atomic mass is 16.2. The van der Waals surface area contributed by atoms with E-state index < -0.39 is 0 Å². The molecule has 1 spiro atoms. The molecule has 0 aliphatic carbocycles. The molecule has 192 valence electrons. The average Bonchev–Trinajstić information content (AvgIpc) is 3.69. The molecule has 0 unspecified atom stereocenters. The van der Waals surface area contributed by atoms with Crippen LogP contribution in [0.4, 0.5) is 5.69 Å². The van der Waals surface area contributed by atoms with Crippen LogP contribution in [-0.2, 0) is 4.79 Å². The third kappa shape index (κ3) is 3.54. The number of nitriles is 1. The minimum absolute atomic E-state index is 0.0176. The number of aryl methyl sites for hydroxylation is 1. The van der Waals surface area contributed by atoms with Gasteiger partial charge < -0.3 is 14.2 Å². The van der Waals surface area contributed by atoms with E-state index in [2.05, 4.69) is 45.1 Å². The van der Waals surface area contributed by atoms with Crippen LogP contribution < -0.4 is 4.90 Å². The lowest BCUT2D eigenvalue weighted by Crippen LogP contribution is -2.59. The molecule has 0 bridgehead atoms. The summed E-state index contributed by atoms with van der Waals surface area (Å²) < 4.78 is 2.06. The number of aromatic nitrogens is 4. The average molecular weight is 514 g/mol. The van der Waals surface area contributed by atoms with Crippen molar-refractivity contribution in [3.8, 4) is 28.5 Å². The Morgan fingerprint density at radius 2 is 1.95 bits per heavy atom. The van der Waals surface area contributed by atoms with E-state index in [4.69, 9.17) is 4.98 Å². The zero-order valence-corrected chi connectivity index (χ0v) is 21.7. The Morgan fingerprint density at radius 3 is 2.72 bits per heavy atom. The Labute approximate surface area is 225 Å². The van der Waals surface area contributed by atoms with Gasteiger partial charge in [-0.1, -0.05) is 43.0 Å². The molecular formula is C31H27N7O. The number of pyridine rings is 1. The maximum absolute atomic E-state index is 12.1. The summed E-state index contributed by atoms with van der Waals surface area (Å²) in [5.74, 6) is -0.0176. The first kappa shape index (κ1) is 23.2. The highest BCUT2D eigenvalue weighted by molar-refractivity contribution is 6.03. The lowest BCUT2D eigenvalue weighted by atomic mass is 9.79. The molecule has 7 rings (SSSR count). The highest BCUT2D eigenvalue weighted by Crippen LogP contribution is 2.45. The molecule has 3 aromatic heterocycles. The van der Waals surface area contributed by atoms with E-state index in [1.165, 1.54) is 6.08 Å². The van der Waals surface area contributed by atoms with Crippen LogP contribution in [0, 0.1) is 23.7 Å². The monoisotopic (exact) mass is 513 g/mol. The number of nitrogens with zero attached hydrogens (tertiary/aromatic N) is 6. The summed E-state index contributed by atoms with van der Waals surface area (Å²) in [6.45, 7) is 8.76. The summed E-state index contributed by atoms with van der Waals surface area (Å²) in [6.07, 6.45) is 8.28. The number of hydrogen-bond donors (Lipinski definition) is 1. The number of anilines is 1. The van der Waals surface area contributed by atoms with Gasteiger partial charge in [-0.25, -0.2) is 4.98 Å². The van der Waals surface area contributed by atoms with E-state index >= 15 is 0 Å². The molecule has 1 N–H and O–H groups in total. The van der Waals surface area contributed by atoms with Gasteiger partial charge in [0.25, 0.3) is 0 Å². The number of likely N-dealkylation sites (tertiary alicyclic amines) is 1. The van der Waals surface area contributed by atoms with Crippen molar-refractivity contribution in [3.63, 3.8) is 0 Å². The van der Waals surface area contributed by atoms with Crippen LogP contribution in [0.1, 0.15) is 17.5 Å². The molecule has 0 saturated carbocycles. The van der Waals surface area contributed by atoms with Gasteiger partial charge in [0.2, 0.25) is 5.91 Å². The van der Waals surface area contributed by atoms with Crippen molar-refractivity contribution in [2.24, 2.45) is 5.41 Å². The maximum atomic E-state index is 12.1. The molecule has 1 amide bonds. The molecule has 8 nitrogen and oxygen atoms in total. The molecular weight excluding hydrogens is 486 g/mol. The lowest BCUT2D eigenvalue weighted by Gasteiger charge is -2.47. The van der Waals surface area contributed by atoms with E-state index in [1.54, 1.807) is 0 Å². The molecule has 5 heterocycles. The number of carbonyl (C=O) groups is 1. The number of nitrogens with one attached hydrogen (secondary N) is 1. The number of aromatic amines is 1. The fourth-order valence-electron chi connectivity index (χ4n) is 6.36. The lowest BCUT2D eigenvalue weighted by molar-refractivity contribution is -0.136. The van der Waals surface area contributed by atoms with Gasteiger partial charge in [0.1, 0.15) is 11.7 Å². The number of H-pyrrole nitrogens is 1. The molecule has 2 aliphatic rings. The van der Waals surface area contributed by atoms with Crippen molar-refractivity contribution >= 4 is 28.1 Å². The van der Waals surface area contributed by atoms with Crippen LogP contribution in [0.25, 0.3) is 38.9 Å². The Balaban J connectivity index is 1.42. The summed E-state index contributed by atoms with van der Waals surface area (Å²) in [5.41, 5.74) is 7.92. The van der Waals surface area contributed by atoms with Gasteiger partial charge in [0, 0.05) is 66.1 Å². The first-order chi connectivity index (χ1) is 19.0. The molecule has 2 aromatic carbocycles. The van der Waals surface area contributed by atoms with Crippen molar-refractivity contribution in [3.05, 3.63) is 84.8 Å². The Morgan fingerprint density at radius 1 is 1.13 bits per heavy atom. The molecule has 2 saturated heterocycles. The van der Waals surface area contributed by atoms with E-state index in [0.717, 1.165) is 82.8 Å². The highest BCUT2D eigenvalue weighted by Gasteiger charge is 2.49. The predicted molar refractivity (Wildman–Crippen MR) is 151 cm³/mol. The maximum Gasteiger partial charge on any atom is 0.245 e. The zero-order valence-electron chi connectivity index (χ0n) is 21.7. The van der Waals surface area contributed by atoms with Gasteiger partial charge >= 0.3 is 0 Å². The number of carbonyl (C=O) groups excluding carboxylic acids is 1. The molecule has 2 aliphatic heterocycles. The van der Waals surface area contributed by atoms with Gasteiger partial charge in [-0.2, -0.15) is 10.4 Å². The molecule has 0 radical (unpaired) electrons. The van der Waals surface area contributed by atoms with Crippen molar-refractivity contribution in [2.45, 2.75) is 13.3 Å². The quantitative estimate of drug-likeness (QED) is 0.343. The van der Waals surface area contributed by atoms with Gasteiger partial charge in [-0.3, -0.25) is 9.89 Å². The van der Waals surface area contributed by atoms with Crippen molar-refractivity contribution in [1.29, 1.82) is 5.26 Å². The van der Waals surface area contributed by atoms with Crippen molar-refractivity contribution in [2.75, 3.05) is 31.1 Å². The minimum atomic E-state index is -0.0176. The third-order valence-electron chi connectivity index (χ3n) is 8.31. The number of amides is 1. The zero-order chi connectivity index (χ0) is 26.7. The van der Waals surface area contributed by atoms with E-state index in [9.17, 15) is 10.1 Å². The van der Waals surface area contributed by atoms with Crippen molar-refractivity contribution < 1.29 is 4.79 Å². The number of imidazole rings is 1. The first-order valence-corrected chi connectivity index (χ1v) is 13.1. The number of benzene rings is 2. The minimum Gasteiger partial charge on any atom is -0.369 e. The van der Waals surface area contributed by atoms with Crippen LogP contribution >= 0.6 is 0 Å². The van der Waals surface area contributed by atoms with Crippen molar-refractivity contribution in [1.82, 2.24) is 24.5 Å². The Kier molecular flexibility index (Phi) is 5.10. The molecule has 5 aromatic rings. The predicted octanol–water partition coefficient (Wildman–Crippen LogP) is 4.95. The molecule has 2 fully saturated rings. The first-order valence-electron chi connectivity index (χ1n) is 13.1. The van der Waals surface area contributed by atoms with Crippen LogP contribution in [0.3, 0.4) is 0 Å². The topological polar surface area (TPSA) is 93.3 Å². The Bertz CT molecular complexity index is 1820. The summed E-state index contributed by atoms with van der Waals surface area (Å²) in [6, 6.07) is 16.7. The number of fused-ring (bicyclic) bond motifs is 2. The molecule has 8 heteroatoms.